The van der Waals surface area contributed by atoms with E-state index < -0.39 is 0 Å². The maximum absolute atomic E-state index is 5.82. The number of imidazole rings is 1. The summed E-state index contributed by atoms with van der Waals surface area (Å²) in [5, 5.41) is 3.97. The number of aliphatic imine (C=N–C) groups is 1. The number of nitrogens with one attached hydrogen (secondary N) is 1. The highest BCUT2D eigenvalue weighted by molar-refractivity contribution is 6.30. The first-order chi connectivity index (χ1) is 12.7. The number of halogens is 1. The standard InChI is InChI=1S/C18H25ClN6O/c1-14-5-8-24(12-16(14)25-9-6-21-13-25)18(20-2)22-7-10-26-17-4-3-15(19)11-23-17/h3-4,6,9,11,13-14,16H,5,7-8,10,12H2,1-2H3,(H,20,22). The second-order valence-electron chi connectivity index (χ2n) is 6.43. The molecule has 0 aromatic carbocycles. The van der Waals surface area contributed by atoms with Crippen LogP contribution in [0.4, 0.5) is 0 Å². The predicted molar refractivity (Wildman–Crippen MR) is 103 cm³/mol. The summed E-state index contributed by atoms with van der Waals surface area (Å²) in [6.07, 6.45) is 8.46. The molecule has 1 saturated heterocycles. The fourth-order valence-corrected chi connectivity index (χ4v) is 3.31. The van der Waals surface area contributed by atoms with Gasteiger partial charge in [0.15, 0.2) is 5.96 Å². The third-order valence-corrected chi connectivity index (χ3v) is 4.90. The van der Waals surface area contributed by atoms with Crippen molar-refractivity contribution in [2.24, 2.45) is 10.9 Å². The molecule has 1 N–H and O–H groups in total. The van der Waals surface area contributed by atoms with Crippen LogP contribution in [0.15, 0.2) is 42.0 Å². The predicted octanol–water partition coefficient (Wildman–Crippen LogP) is 2.47. The molecule has 0 radical (unpaired) electrons. The van der Waals surface area contributed by atoms with Gasteiger partial charge < -0.3 is 19.5 Å². The van der Waals surface area contributed by atoms with E-state index in [0.29, 0.717) is 36.0 Å². The molecule has 26 heavy (non-hydrogen) atoms. The summed E-state index contributed by atoms with van der Waals surface area (Å²) >= 11 is 5.82. The Labute approximate surface area is 159 Å². The number of likely N-dealkylation sites (tertiary alicyclic amines) is 1. The van der Waals surface area contributed by atoms with Gasteiger partial charge in [0.2, 0.25) is 5.88 Å². The number of pyridine rings is 1. The van der Waals surface area contributed by atoms with Crippen LogP contribution in [-0.2, 0) is 0 Å². The molecule has 2 aromatic rings. The first-order valence-electron chi connectivity index (χ1n) is 8.84. The van der Waals surface area contributed by atoms with Gasteiger partial charge in [0.25, 0.3) is 0 Å². The SMILES string of the molecule is CN=C(NCCOc1ccc(Cl)cn1)N1CCC(C)C(n2ccnc2)C1. The van der Waals surface area contributed by atoms with Crippen LogP contribution < -0.4 is 10.1 Å². The minimum absolute atomic E-state index is 0.402. The Kier molecular flexibility index (Phi) is 6.33. The lowest BCUT2D eigenvalue weighted by Crippen LogP contribution is -2.49. The quantitative estimate of drug-likeness (QED) is 0.493. The Hall–Kier alpha value is -2.28. The van der Waals surface area contributed by atoms with E-state index in [9.17, 15) is 0 Å². The molecule has 3 heterocycles. The summed E-state index contributed by atoms with van der Waals surface area (Å²) in [7, 11) is 1.81. The lowest BCUT2D eigenvalue weighted by Gasteiger charge is -2.39. The largest absolute Gasteiger partial charge is 0.476 e. The molecule has 1 fully saturated rings. The van der Waals surface area contributed by atoms with Crippen molar-refractivity contribution in [3.05, 3.63) is 42.1 Å². The molecule has 3 rings (SSSR count). The maximum Gasteiger partial charge on any atom is 0.213 e. The Balaban J connectivity index is 1.49. The molecule has 2 atom stereocenters. The van der Waals surface area contributed by atoms with Gasteiger partial charge in [-0.1, -0.05) is 18.5 Å². The fourth-order valence-electron chi connectivity index (χ4n) is 3.19. The van der Waals surface area contributed by atoms with Crippen molar-refractivity contribution < 1.29 is 4.74 Å². The molecule has 0 bridgehead atoms. The molecule has 8 heteroatoms. The summed E-state index contributed by atoms with van der Waals surface area (Å²) in [6, 6.07) is 3.93. The highest BCUT2D eigenvalue weighted by atomic mass is 35.5. The third-order valence-electron chi connectivity index (χ3n) is 4.67. The van der Waals surface area contributed by atoms with E-state index >= 15 is 0 Å². The molecular formula is C18H25ClN6O. The normalized spacial score (nSPS) is 20.9. The zero-order chi connectivity index (χ0) is 18.4. The van der Waals surface area contributed by atoms with Gasteiger partial charge in [0.1, 0.15) is 6.61 Å². The fraction of sp³-hybridized carbons (Fsp3) is 0.500. The molecule has 0 saturated carbocycles. The zero-order valence-electron chi connectivity index (χ0n) is 15.2. The van der Waals surface area contributed by atoms with Crippen molar-refractivity contribution in [3.8, 4) is 5.88 Å². The molecule has 0 aliphatic carbocycles. The van der Waals surface area contributed by atoms with Crippen LogP contribution in [0.1, 0.15) is 19.4 Å². The summed E-state index contributed by atoms with van der Waals surface area (Å²) in [6.45, 7) is 5.36. The van der Waals surface area contributed by atoms with E-state index in [1.165, 1.54) is 0 Å². The first-order valence-corrected chi connectivity index (χ1v) is 9.22. The van der Waals surface area contributed by atoms with Crippen LogP contribution in [0.5, 0.6) is 5.88 Å². The number of nitrogens with zero attached hydrogens (tertiary/aromatic N) is 5. The molecule has 7 nitrogen and oxygen atoms in total. The van der Waals surface area contributed by atoms with E-state index in [0.717, 1.165) is 25.5 Å². The summed E-state index contributed by atoms with van der Waals surface area (Å²) in [4.78, 5) is 15.0. The van der Waals surface area contributed by atoms with Gasteiger partial charge in [-0.05, 0) is 18.4 Å². The van der Waals surface area contributed by atoms with E-state index in [1.807, 2.05) is 25.8 Å². The Morgan fingerprint density at radius 3 is 3.04 bits per heavy atom. The molecule has 140 valence electrons. The molecule has 1 aliphatic heterocycles. The van der Waals surface area contributed by atoms with Crippen molar-refractivity contribution in [1.29, 1.82) is 0 Å². The van der Waals surface area contributed by atoms with Gasteiger partial charge in [-0.25, -0.2) is 9.97 Å². The van der Waals surface area contributed by atoms with Crippen LogP contribution in [0.2, 0.25) is 5.02 Å². The van der Waals surface area contributed by atoms with Gasteiger partial charge in [0, 0.05) is 44.8 Å². The highest BCUT2D eigenvalue weighted by Gasteiger charge is 2.28. The van der Waals surface area contributed by atoms with Crippen LogP contribution in [0.3, 0.4) is 0 Å². The van der Waals surface area contributed by atoms with E-state index in [-0.39, 0.29) is 0 Å². The maximum atomic E-state index is 5.82. The van der Waals surface area contributed by atoms with E-state index in [2.05, 4.69) is 36.7 Å². The minimum Gasteiger partial charge on any atom is -0.476 e. The molecule has 0 amide bonds. The lowest BCUT2D eigenvalue weighted by atomic mass is 9.93. The average Bonchev–Trinajstić information content (AvgIpc) is 3.18. The first kappa shape index (κ1) is 18.5. The molecule has 0 spiro atoms. The monoisotopic (exact) mass is 376 g/mol. The topological polar surface area (TPSA) is 67.6 Å². The number of piperidine rings is 1. The van der Waals surface area contributed by atoms with Gasteiger partial charge in [-0.3, -0.25) is 4.99 Å². The van der Waals surface area contributed by atoms with Crippen molar-refractivity contribution in [3.63, 3.8) is 0 Å². The average molecular weight is 377 g/mol. The third kappa shape index (κ3) is 4.66. The van der Waals surface area contributed by atoms with Gasteiger partial charge >= 0.3 is 0 Å². The smallest absolute Gasteiger partial charge is 0.213 e. The summed E-state index contributed by atoms with van der Waals surface area (Å²) in [5.41, 5.74) is 0. The Morgan fingerprint density at radius 1 is 1.46 bits per heavy atom. The lowest BCUT2D eigenvalue weighted by molar-refractivity contribution is 0.188. The van der Waals surface area contributed by atoms with Crippen LogP contribution in [-0.4, -0.2) is 58.7 Å². The number of hydrogen-bond donors (Lipinski definition) is 1. The van der Waals surface area contributed by atoms with Gasteiger partial charge in [0.05, 0.1) is 23.9 Å². The van der Waals surface area contributed by atoms with Crippen LogP contribution >= 0.6 is 11.6 Å². The minimum atomic E-state index is 0.402. The number of hydrogen-bond acceptors (Lipinski definition) is 4. The van der Waals surface area contributed by atoms with E-state index in [4.69, 9.17) is 16.3 Å². The molecule has 2 unspecified atom stereocenters. The molecular weight excluding hydrogens is 352 g/mol. The number of guanidine groups is 1. The number of rotatable bonds is 5. The number of aromatic nitrogens is 3. The Bertz CT molecular complexity index is 703. The van der Waals surface area contributed by atoms with Gasteiger partial charge in [-0.2, -0.15) is 0 Å². The zero-order valence-corrected chi connectivity index (χ0v) is 15.9. The summed E-state index contributed by atoms with van der Waals surface area (Å²) in [5.74, 6) is 2.07. The van der Waals surface area contributed by atoms with Crippen molar-refractivity contribution in [1.82, 2.24) is 24.8 Å². The highest BCUT2D eigenvalue weighted by Crippen LogP contribution is 2.27. The Morgan fingerprint density at radius 2 is 2.35 bits per heavy atom. The van der Waals surface area contributed by atoms with Crippen molar-refractivity contribution in [2.75, 3.05) is 33.3 Å². The second kappa shape index (κ2) is 8.89. The van der Waals surface area contributed by atoms with Gasteiger partial charge in [-0.15, -0.1) is 0 Å². The summed E-state index contributed by atoms with van der Waals surface area (Å²) < 4.78 is 7.82. The molecule has 2 aromatic heterocycles. The van der Waals surface area contributed by atoms with Crippen molar-refractivity contribution >= 4 is 17.6 Å². The van der Waals surface area contributed by atoms with E-state index in [1.54, 1.807) is 18.3 Å². The van der Waals surface area contributed by atoms with Crippen LogP contribution in [0, 0.1) is 5.92 Å². The van der Waals surface area contributed by atoms with Crippen LogP contribution in [0.25, 0.3) is 0 Å². The number of ether oxygens (including phenoxy) is 1. The second-order valence-corrected chi connectivity index (χ2v) is 6.86. The molecule has 1 aliphatic rings. The van der Waals surface area contributed by atoms with Crippen molar-refractivity contribution in [2.45, 2.75) is 19.4 Å².